The number of hydrogen-bond donors (Lipinski definition) is 1. The number of ether oxygens (including phenoxy) is 1. The minimum absolute atomic E-state index is 0.00773. The van der Waals surface area contributed by atoms with Crippen LogP contribution in [0.1, 0.15) is 24.6 Å². The van der Waals surface area contributed by atoms with Crippen LogP contribution < -0.4 is 0 Å². The van der Waals surface area contributed by atoms with Crippen LogP contribution in [0.15, 0.2) is 24.4 Å². The summed E-state index contributed by atoms with van der Waals surface area (Å²) in [6, 6.07) is 5.75. The van der Waals surface area contributed by atoms with Crippen LogP contribution in [0.4, 0.5) is 0 Å². The minimum Gasteiger partial charge on any atom is -0.396 e. The Hall–Kier alpha value is -0.930. The second kappa shape index (κ2) is 5.67. The van der Waals surface area contributed by atoms with Gasteiger partial charge in [-0.05, 0) is 25.0 Å². The monoisotopic (exact) mass is 181 g/mol. The van der Waals surface area contributed by atoms with E-state index in [1.807, 2.05) is 18.2 Å². The highest BCUT2D eigenvalue weighted by Gasteiger charge is 2.09. The molecule has 0 radical (unpaired) electrons. The number of methoxy groups -OCH3 is 1. The van der Waals surface area contributed by atoms with E-state index in [0.29, 0.717) is 0 Å². The van der Waals surface area contributed by atoms with E-state index >= 15 is 0 Å². The van der Waals surface area contributed by atoms with Crippen molar-refractivity contribution in [1.29, 1.82) is 0 Å². The van der Waals surface area contributed by atoms with Gasteiger partial charge in [0, 0.05) is 19.9 Å². The lowest BCUT2D eigenvalue weighted by Crippen LogP contribution is -2.04. The van der Waals surface area contributed by atoms with Gasteiger partial charge in [0.05, 0.1) is 11.8 Å². The zero-order valence-corrected chi connectivity index (χ0v) is 7.81. The SMILES string of the molecule is COC(CCCO)c1ccccn1. The predicted octanol–water partition coefficient (Wildman–Crippen LogP) is 1.54. The Kier molecular flexibility index (Phi) is 4.43. The summed E-state index contributed by atoms with van der Waals surface area (Å²) in [6.07, 6.45) is 3.31. The Balaban J connectivity index is 2.56. The largest absolute Gasteiger partial charge is 0.396 e. The van der Waals surface area contributed by atoms with Gasteiger partial charge >= 0.3 is 0 Å². The summed E-state index contributed by atoms with van der Waals surface area (Å²) in [6.45, 7) is 0.201. The second-order valence-electron chi connectivity index (χ2n) is 2.84. The van der Waals surface area contributed by atoms with E-state index in [2.05, 4.69) is 4.98 Å². The first-order valence-corrected chi connectivity index (χ1v) is 4.43. The summed E-state index contributed by atoms with van der Waals surface area (Å²) in [7, 11) is 1.66. The average molecular weight is 181 g/mol. The first kappa shape index (κ1) is 10.2. The quantitative estimate of drug-likeness (QED) is 0.749. The molecule has 0 aliphatic carbocycles. The lowest BCUT2D eigenvalue weighted by atomic mass is 10.1. The van der Waals surface area contributed by atoms with Gasteiger partial charge in [-0.15, -0.1) is 0 Å². The number of rotatable bonds is 5. The lowest BCUT2D eigenvalue weighted by molar-refractivity contribution is 0.0847. The summed E-state index contributed by atoms with van der Waals surface area (Å²) >= 11 is 0. The molecule has 1 rings (SSSR count). The summed E-state index contributed by atoms with van der Waals surface area (Å²) in [5.74, 6) is 0. The number of aliphatic hydroxyl groups excluding tert-OH is 1. The average Bonchev–Trinajstić information content (AvgIpc) is 2.21. The van der Waals surface area contributed by atoms with E-state index in [1.54, 1.807) is 13.3 Å². The molecule has 3 nitrogen and oxygen atoms in total. The number of pyridine rings is 1. The maximum Gasteiger partial charge on any atom is 0.0991 e. The van der Waals surface area contributed by atoms with Crippen molar-refractivity contribution in [3.8, 4) is 0 Å². The third-order valence-electron chi connectivity index (χ3n) is 1.93. The lowest BCUT2D eigenvalue weighted by Gasteiger charge is -2.13. The first-order valence-electron chi connectivity index (χ1n) is 4.43. The van der Waals surface area contributed by atoms with Gasteiger partial charge in [-0.25, -0.2) is 0 Å². The molecular weight excluding hydrogens is 166 g/mol. The maximum absolute atomic E-state index is 8.68. The molecule has 1 heterocycles. The van der Waals surface area contributed by atoms with E-state index in [9.17, 15) is 0 Å². The highest BCUT2D eigenvalue weighted by molar-refractivity contribution is 5.06. The molecule has 1 aromatic rings. The van der Waals surface area contributed by atoms with Gasteiger partial charge in [-0.3, -0.25) is 4.98 Å². The standard InChI is InChI=1S/C10H15NO2/c1-13-10(6-4-8-12)9-5-2-3-7-11-9/h2-3,5,7,10,12H,4,6,8H2,1H3. The Morgan fingerprint density at radius 2 is 2.38 bits per heavy atom. The molecule has 0 fully saturated rings. The number of nitrogens with zero attached hydrogens (tertiary/aromatic N) is 1. The molecule has 72 valence electrons. The number of aromatic nitrogens is 1. The van der Waals surface area contributed by atoms with Gasteiger partial charge in [0.1, 0.15) is 0 Å². The molecule has 0 aliphatic rings. The van der Waals surface area contributed by atoms with Crippen LogP contribution in [0.2, 0.25) is 0 Å². The van der Waals surface area contributed by atoms with Crippen LogP contribution >= 0.6 is 0 Å². The summed E-state index contributed by atoms with van der Waals surface area (Å²) < 4.78 is 5.26. The fraction of sp³-hybridized carbons (Fsp3) is 0.500. The summed E-state index contributed by atoms with van der Waals surface area (Å²) in [4.78, 5) is 4.20. The van der Waals surface area contributed by atoms with Crippen LogP contribution in [0.25, 0.3) is 0 Å². The topological polar surface area (TPSA) is 42.4 Å². The van der Waals surface area contributed by atoms with Crippen molar-refractivity contribution in [1.82, 2.24) is 4.98 Å². The number of aliphatic hydroxyl groups is 1. The van der Waals surface area contributed by atoms with E-state index in [4.69, 9.17) is 9.84 Å². The van der Waals surface area contributed by atoms with E-state index < -0.39 is 0 Å². The molecule has 13 heavy (non-hydrogen) atoms. The number of hydrogen-bond acceptors (Lipinski definition) is 3. The Bertz CT molecular complexity index is 226. The van der Waals surface area contributed by atoms with Crippen molar-refractivity contribution >= 4 is 0 Å². The fourth-order valence-corrected chi connectivity index (χ4v) is 1.23. The summed E-state index contributed by atoms with van der Waals surface area (Å²) in [5.41, 5.74) is 0.929. The van der Waals surface area contributed by atoms with Gasteiger partial charge in [0.15, 0.2) is 0 Å². The van der Waals surface area contributed by atoms with Gasteiger partial charge in [-0.1, -0.05) is 6.07 Å². The highest BCUT2D eigenvalue weighted by atomic mass is 16.5. The normalized spacial score (nSPS) is 12.8. The third-order valence-corrected chi connectivity index (χ3v) is 1.93. The smallest absolute Gasteiger partial charge is 0.0991 e. The fourth-order valence-electron chi connectivity index (χ4n) is 1.23. The molecular formula is C10H15NO2. The molecule has 1 atom stereocenters. The van der Waals surface area contributed by atoms with E-state index in [0.717, 1.165) is 18.5 Å². The molecule has 0 bridgehead atoms. The van der Waals surface area contributed by atoms with Gasteiger partial charge in [0.2, 0.25) is 0 Å². The predicted molar refractivity (Wildman–Crippen MR) is 50.3 cm³/mol. The molecule has 0 saturated heterocycles. The Morgan fingerprint density at radius 3 is 2.92 bits per heavy atom. The molecule has 0 aromatic carbocycles. The Morgan fingerprint density at radius 1 is 1.54 bits per heavy atom. The zero-order chi connectivity index (χ0) is 9.52. The molecule has 3 heteroatoms. The second-order valence-corrected chi connectivity index (χ2v) is 2.84. The molecule has 0 spiro atoms. The molecule has 0 amide bonds. The van der Waals surface area contributed by atoms with E-state index in [-0.39, 0.29) is 12.7 Å². The van der Waals surface area contributed by atoms with Crippen LogP contribution in [-0.4, -0.2) is 23.8 Å². The molecule has 0 aliphatic heterocycles. The molecule has 1 N–H and O–H groups in total. The highest BCUT2D eigenvalue weighted by Crippen LogP contribution is 2.18. The first-order chi connectivity index (χ1) is 6.38. The van der Waals surface area contributed by atoms with Crippen molar-refractivity contribution in [3.63, 3.8) is 0 Å². The van der Waals surface area contributed by atoms with Crippen LogP contribution in [-0.2, 0) is 4.74 Å². The summed E-state index contributed by atoms with van der Waals surface area (Å²) in [5, 5.41) is 8.68. The van der Waals surface area contributed by atoms with Crippen molar-refractivity contribution < 1.29 is 9.84 Å². The van der Waals surface area contributed by atoms with Crippen molar-refractivity contribution in [3.05, 3.63) is 30.1 Å². The third kappa shape index (κ3) is 3.13. The van der Waals surface area contributed by atoms with Crippen molar-refractivity contribution in [2.45, 2.75) is 18.9 Å². The van der Waals surface area contributed by atoms with Crippen molar-refractivity contribution in [2.75, 3.05) is 13.7 Å². The van der Waals surface area contributed by atoms with Gasteiger partial charge in [-0.2, -0.15) is 0 Å². The van der Waals surface area contributed by atoms with Crippen molar-refractivity contribution in [2.24, 2.45) is 0 Å². The Labute approximate surface area is 78.4 Å². The molecule has 1 unspecified atom stereocenters. The van der Waals surface area contributed by atoms with E-state index in [1.165, 1.54) is 0 Å². The molecule has 1 aromatic heterocycles. The van der Waals surface area contributed by atoms with Crippen LogP contribution in [0.5, 0.6) is 0 Å². The minimum atomic E-state index is 0.00773. The van der Waals surface area contributed by atoms with Crippen LogP contribution in [0, 0.1) is 0 Å². The van der Waals surface area contributed by atoms with Gasteiger partial charge < -0.3 is 9.84 Å². The maximum atomic E-state index is 8.68. The van der Waals surface area contributed by atoms with Crippen LogP contribution in [0.3, 0.4) is 0 Å². The molecule has 0 saturated carbocycles. The van der Waals surface area contributed by atoms with Gasteiger partial charge in [0.25, 0.3) is 0 Å². The zero-order valence-electron chi connectivity index (χ0n) is 7.81.